The molecule has 1 aromatic heterocycles. The van der Waals surface area contributed by atoms with Crippen molar-refractivity contribution in [1.29, 1.82) is 0 Å². The number of nitrogens with zero attached hydrogens (tertiary/aromatic N) is 3. The molecule has 0 saturated heterocycles. The van der Waals surface area contributed by atoms with Crippen molar-refractivity contribution in [2.75, 3.05) is 13.6 Å². The third kappa shape index (κ3) is 6.66. The smallest absolute Gasteiger partial charge is 0.315 e. The van der Waals surface area contributed by atoms with E-state index in [2.05, 4.69) is 15.6 Å². The van der Waals surface area contributed by atoms with Crippen LogP contribution in [-0.4, -0.2) is 46.0 Å². The fourth-order valence-electron chi connectivity index (χ4n) is 2.45. The molecule has 0 fully saturated rings. The number of aromatic nitrogens is 2. The standard InChI is InChI=1S/C18H25N5O2/c1-15(12-23-11-10-19-14-23)21-18(25)20-9-8-17(24)22(2)13-16-6-4-3-5-7-16/h3-7,10-11,14-15H,8-9,12-13H2,1-2H3,(H2,20,21,25)/t15-/m0/s1. The molecule has 0 aliphatic carbocycles. The van der Waals surface area contributed by atoms with Crippen molar-refractivity contribution in [1.82, 2.24) is 25.1 Å². The van der Waals surface area contributed by atoms with Gasteiger partial charge < -0.3 is 20.1 Å². The highest BCUT2D eigenvalue weighted by atomic mass is 16.2. The quantitative estimate of drug-likeness (QED) is 0.764. The molecule has 1 heterocycles. The second kappa shape index (κ2) is 9.46. The summed E-state index contributed by atoms with van der Waals surface area (Å²) in [6.45, 7) is 3.43. The first-order valence-corrected chi connectivity index (χ1v) is 8.32. The van der Waals surface area contributed by atoms with Crippen LogP contribution in [-0.2, 0) is 17.9 Å². The van der Waals surface area contributed by atoms with Crippen molar-refractivity contribution in [3.05, 3.63) is 54.6 Å². The molecule has 134 valence electrons. The summed E-state index contributed by atoms with van der Waals surface area (Å²) >= 11 is 0. The van der Waals surface area contributed by atoms with Gasteiger partial charge in [0.25, 0.3) is 0 Å². The van der Waals surface area contributed by atoms with Crippen molar-refractivity contribution >= 4 is 11.9 Å². The van der Waals surface area contributed by atoms with Crippen LogP contribution >= 0.6 is 0 Å². The van der Waals surface area contributed by atoms with E-state index >= 15 is 0 Å². The molecule has 3 amide bonds. The predicted octanol–water partition coefficient (Wildman–Crippen LogP) is 1.62. The fourth-order valence-corrected chi connectivity index (χ4v) is 2.45. The van der Waals surface area contributed by atoms with Crippen LogP contribution in [0.3, 0.4) is 0 Å². The van der Waals surface area contributed by atoms with Crippen LogP contribution in [0.2, 0.25) is 0 Å². The second-order valence-electron chi connectivity index (χ2n) is 6.05. The Morgan fingerprint density at radius 3 is 2.72 bits per heavy atom. The van der Waals surface area contributed by atoms with E-state index in [-0.39, 0.29) is 24.4 Å². The molecule has 0 aliphatic rings. The van der Waals surface area contributed by atoms with Crippen molar-refractivity contribution in [2.45, 2.75) is 32.5 Å². The SMILES string of the molecule is C[C@@H](Cn1ccnc1)NC(=O)NCCC(=O)N(C)Cc1ccccc1. The summed E-state index contributed by atoms with van der Waals surface area (Å²) in [6.07, 6.45) is 5.52. The zero-order chi connectivity index (χ0) is 18.1. The van der Waals surface area contributed by atoms with Gasteiger partial charge in [0.15, 0.2) is 0 Å². The highest BCUT2D eigenvalue weighted by Gasteiger charge is 2.11. The molecule has 2 N–H and O–H groups in total. The summed E-state index contributed by atoms with van der Waals surface area (Å²) in [5.41, 5.74) is 1.08. The number of imidazole rings is 1. The van der Waals surface area contributed by atoms with Gasteiger partial charge in [0.2, 0.25) is 5.91 Å². The average molecular weight is 343 g/mol. The number of carbonyl (C=O) groups excluding carboxylic acids is 2. The van der Waals surface area contributed by atoms with Gasteiger partial charge >= 0.3 is 6.03 Å². The number of urea groups is 1. The summed E-state index contributed by atoms with van der Waals surface area (Å²) in [7, 11) is 1.77. The zero-order valence-electron chi connectivity index (χ0n) is 14.7. The lowest BCUT2D eigenvalue weighted by molar-refractivity contribution is -0.130. The van der Waals surface area contributed by atoms with Gasteiger partial charge in [-0.3, -0.25) is 4.79 Å². The van der Waals surface area contributed by atoms with Gasteiger partial charge in [0.05, 0.1) is 6.33 Å². The van der Waals surface area contributed by atoms with Gasteiger partial charge in [-0.25, -0.2) is 9.78 Å². The molecular formula is C18H25N5O2. The number of hydrogen-bond donors (Lipinski definition) is 2. The van der Waals surface area contributed by atoms with Crippen LogP contribution in [0, 0.1) is 0 Å². The van der Waals surface area contributed by atoms with E-state index in [1.54, 1.807) is 24.5 Å². The monoisotopic (exact) mass is 343 g/mol. The van der Waals surface area contributed by atoms with Crippen molar-refractivity contribution in [3.63, 3.8) is 0 Å². The number of hydrogen-bond acceptors (Lipinski definition) is 3. The third-order valence-electron chi connectivity index (χ3n) is 3.73. The molecular weight excluding hydrogens is 318 g/mol. The van der Waals surface area contributed by atoms with Gasteiger partial charge in [-0.2, -0.15) is 0 Å². The number of nitrogens with one attached hydrogen (secondary N) is 2. The first-order valence-electron chi connectivity index (χ1n) is 8.32. The van der Waals surface area contributed by atoms with Crippen molar-refractivity contribution in [2.24, 2.45) is 0 Å². The highest BCUT2D eigenvalue weighted by molar-refractivity contribution is 5.78. The molecule has 25 heavy (non-hydrogen) atoms. The molecule has 7 nitrogen and oxygen atoms in total. The van der Waals surface area contributed by atoms with E-state index in [1.807, 2.05) is 48.0 Å². The summed E-state index contributed by atoms with van der Waals surface area (Å²) in [5.74, 6) is -0.00406. The molecule has 0 radical (unpaired) electrons. The van der Waals surface area contributed by atoms with Crippen LogP contribution in [0.4, 0.5) is 4.79 Å². The minimum absolute atomic E-state index is 0.00406. The Kier molecular flexibility index (Phi) is 7.00. The van der Waals surface area contributed by atoms with Gasteiger partial charge in [0.1, 0.15) is 0 Å². The largest absolute Gasteiger partial charge is 0.341 e. The van der Waals surface area contributed by atoms with E-state index in [0.29, 0.717) is 19.6 Å². The van der Waals surface area contributed by atoms with Crippen LogP contribution in [0.1, 0.15) is 18.9 Å². The maximum Gasteiger partial charge on any atom is 0.315 e. The molecule has 7 heteroatoms. The maximum atomic E-state index is 12.1. The lowest BCUT2D eigenvalue weighted by Crippen LogP contribution is -2.43. The van der Waals surface area contributed by atoms with E-state index in [1.165, 1.54) is 0 Å². The molecule has 1 atom stereocenters. The Morgan fingerprint density at radius 2 is 2.04 bits per heavy atom. The summed E-state index contributed by atoms with van der Waals surface area (Å²) in [5, 5.41) is 5.56. The van der Waals surface area contributed by atoms with Gasteiger partial charge in [-0.15, -0.1) is 0 Å². The first kappa shape index (κ1) is 18.5. The van der Waals surface area contributed by atoms with Crippen molar-refractivity contribution in [3.8, 4) is 0 Å². The molecule has 2 aromatic rings. The van der Waals surface area contributed by atoms with E-state index in [4.69, 9.17) is 0 Å². The van der Waals surface area contributed by atoms with Crippen LogP contribution in [0.5, 0.6) is 0 Å². The van der Waals surface area contributed by atoms with Gasteiger partial charge in [0, 0.05) is 51.5 Å². The average Bonchev–Trinajstić information content (AvgIpc) is 3.08. The van der Waals surface area contributed by atoms with Crippen molar-refractivity contribution < 1.29 is 9.59 Å². The molecule has 0 saturated carbocycles. The van der Waals surface area contributed by atoms with Gasteiger partial charge in [-0.1, -0.05) is 30.3 Å². The maximum absolute atomic E-state index is 12.1. The minimum Gasteiger partial charge on any atom is -0.341 e. The number of benzene rings is 1. The Balaban J connectivity index is 1.63. The third-order valence-corrected chi connectivity index (χ3v) is 3.73. The minimum atomic E-state index is -0.272. The van der Waals surface area contributed by atoms with Crippen LogP contribution in [0.25, 0.3) is 0 Å². The topological polar surface area (TPSA) is 79.3 Å². The number of rotatable bonds is 8. The highest BCUT2D eigenvalue weighted by Crippen LogP contribution is 2.03. The zero-order valence-corrected chi connectivity index (χ0v) is 14.7. The lowest BCUT2D eigenvalue weighted by atomic mass is 10.2. The first-order chi connectivity index (χ1) is 12.0. The molecule has 0 bridgehead atoms. The molecule has 0 unspecified atom stereocenters. The number of amides is 3. The summed E-state index contributed by atoms with van der Waals surface area (Å²) < 4.78 is 1.90. The van der Waals surface area contributed by atoms with E-state index in [0.717, 1.165) is 5.56 Å². The molecule has 1 aromatic carbocycles. The Morgan fingerprint density at radius 1 is 1.28 bits per heavy atom. The van der Waals surface area contributed by atoms with Crippen LogP contribution in [0.15, 0.2) is 49.1 Å². The molecule has 2 rings (SSSR count). The van der Waals surface area contributed by atoms with E-state index in [9.17, 15) is 9.59 Å². The fraction of sp³-hybridized carbons (Fsp3) is 0.389. The lowest BCUT2D eigenvalue weighted by Gasteiger charge is -2.18. The molecule has 0 aliphatic heterocycles. The Labute approximate surface area is 148 Å². The summed E-state index contributed by atoms with van der Waals surface area (Å²) in [4.78, 5) is 29.6. The molecule has 0 spiro atoms. The summed E-state index contributed by atoms with van der Waals surface area (Å²) in [6, 6.07) is 9.50. The Bertz CT molecular complexity index is 657. The van der Waals surface area contributed by atoms with Gasteiger partial charge in [-0.05, 0) is 12.5 Å². The Hall–Kier alpha value is -2.83. The normalized spacial score (nSPS) is 11.6. The number of carbonyl (C=O) groups is 2. The van der Waals surface area contributed by atoms with E-state index < -0.39 is 0 Å². The second-order valence-corrected chi connectivity index (χ2v) is 6.05. The van der Waals surface area contributed by atoms with Crippen LogP contribution < -0.4 is 10.6 Å². The predicted molar refractivity (Wildman–Crippen MR) is 95.8 cm³/mol.